The van der Waals surface area contributed by atoms with Gasteiger partial charge in [-0.05, 0) is 80.4 Å². The summed E-state index contributed by atoms with van der Waals surface area (Å²) in [5, 5.41) is 14.5. The number of amides is 1. The smallest absolute Gasteiger partial charge is 0.408 e. The molecule has 4 aliphatic rings. The monoisotopic (exact) mass is 670 g/mol. The van der Waals surface area contributed by atoms with E-state index in [4.69, 9.17) is 29.4 Å². The molecular weight excluding hydrogens is 608 g/mol. The van der Waals surface area contributed by atoms with Crippen LogP contribution in [-0.2, 0) is 33.3 Å². The molecule has 4 saturated heterocycles. The highest BCUT2D eigenvalue weighted by molar-refractivity contribution is 6.04. The van der Waals surface area contributed by atoms with Crippen LogP contribution in [0.1, 0.15) is 81.1 Å². The first-order valence-electron chi connectivity index (χ1n) is 17.3. The van der Waals surface area contributed by atoms with Gasteiger partial charge >= 0.3 is 12.1 Å². The third-order valence-electron chi connectivity index (χ3n) is 10.9. The number of esters is 1. The Morgan fingerprint density at radius 3 is 2.38 bits per heavy atom. The van der Waals surface area contributed by atoms with E-state index >= 15 is 0 Å². The van der Waals surface area contributed by atoms with Gasteiger partial charge in [0.05, 0.1) is 24.4 Å². The van der Waals surface area contributed by atoms with E-state index in [1.54, 1.807) is 20.8 Å². The fraction of sp³-hybridized carbons (Fsp3) is 0.912. The number of nitrogens with zero attached hydrogens (tertiary/aromatic N) is 2. The second-order valence-corrected chi connectivity index (χ2v) is 14.9. The summed E-state index contributed by atoms with van der Waals surface area (Å²) in [5.74, 6) is -1.86. The Hall–Kier alpha value is -1.87. The van der Waals surface area contributed by atoms with Crippen LogP contribution < -0.4 is 11.1 Å². The molecule has 0 aliphatic carbocycles. The quantitative estimate of drug-likeness (QED) is 0.177. The number of nitrogens with two attached hydrogens (primary N) is 1. The number of ether oxygens (including phenoxy) is 5. The van der Waals surface area contributed by atoms with Crippen molar-refractivity contribution < 1.29 is 43.2 Å². The first kappa shape index (κ1) is 39.6. The highest BCUT2D eigenvalue weighted by Gasteiger charge is 2.58. The standard InChI is InChI=1S/C34H62N4O9/c1-12-23(37(9)10)25(39)29(43-17-15-35)46-28-21(4)27(40)32(6)14-16-44-33(28,7)18-20(3)19-38(11)22(5)26-34(8,47-31(42)36-26)24(13-2)45-30(32)41/h20-26,28-29,39H,12-19,35H2,1-11H3,(H,36,42)/t20-,21+,22-,23?,24-,25?,26-,28-,29+,32+,33+,34-/m1/s1. The van der Waals surface area contributed by atoms with Gasteiger partial charge in [-0.2, -0.15) is 0 Å². The van der Waals surface area contributed by atoms with Gasteiger partial charge < -0.3 is 49.6 Å². The zero-order chi connectivity index (χ0) is 35.5. The summed E-state index contributed by atoms with van der Waals surface area (Å²) in [6.07, 6.45) is -2.86. The lowest BCUT2D eigenvalue weighted by atomic mass is 9.70. The number of rotatable bonds is 10. The van der Waals surface area contributed by atoms with Gasteiger partial charge in [-0.25, -0.2) is 4.79 Å². The summed E-state index contributed by atoms with van der Waals surface area (Å²) < 4.78 is 31.5. The zero-order valence-corrected chi connectivity index (χ0v) is 30.5. The lowest BCUT2D eigenvalue weighted by Gasteiger charge is -2.47. The van der Waals surface area contributed by atoms with Crippen molar-refractivity contribution in [3.05, 3.63) is 0 Å². The first-order valence-corrected chi connectivity index (χ1v) is 17.3. The average molecular weight is 671 g/mol. The first-order chi connectivity index (χ1) is 21.9. The molecule has 4 N–H and O–H groups in total. The summed E-state index contributed by atoms with van der Waals surface area (Å²) in [6.45, 7) is 16.1. The van der Waals surface area contributed by atoms with E-state index in [0.29, 0.717) is 25.8 Å². The van der Waals surface area contributed by atoms with E-state index in [0.717, 1.165) is 0 Å². The van der Waals surface area contributed by atoms with Crippen molar-refractivity contribution in [2.45, 2.75) is 135 Å². The number of Topliss-reactive ketones (excluding diaryl/α,β-unsaturated/α-hetero) is 1. The molecule has 4 heterocycles. The van der Waals surface area contributed by atoms with E-state index in [9.17, 15) is 19.5 Å². The molecule has 1 amide bonds. The molecule has 13 nitrogen and oxygen atoms in total. The summed E-state index contributed by atoms with van der Waals surface area (Å²) in [4.78, 5) is 45.5. The molecular formula is C34H62N4O9. The third kappa shape index (κ3) is 8.13. The number of hydrogen-bond acceptors (Lipinski definition) is 12. The lowest BCUT2D eigenvalue weighted by molar-refractivity contribution is -0.273. The molecule has 2 unspecified atom stereocenters. The van der Waals surface area contributed by atoms with Crippen molar-refractivity contribution in [2.75, 3.05) is 47.4 Å². The van der Waals surface area contributed by atoms with E-state index in [2.05, 4.69) is 17.1 Å². The second kappa shape index (κ2) is 15.8. The minimum Gasteiger partial charge on any atom is -0.457 e. The number of nitrogens with one attached hydrogen (secondary N) is 1. The molecule has 2 bridgehead atoms. The maximum Gasteiger partial charge on any atom is 0.408 e. The minimum absolute atomic E-state index is 0.0411. The van der Waals surface area contributed by atoms with Crippen molar-refractivity contribution in [1.82, 2.24) is 15.1 Å². The van der Waals surface area contributed by atoms with Crippen LogP contribution in [0.15, 0.2) is 0 Å². The Kier molecular flexibility index (Phi) is 13.3. The number of ketones is 1. The number of carbonyl (C=O) groups is 3. The maximum atomic E-state index is 14.6. The van der Waals surface area contributed by atoms with Crippen molar-refractivity contribution in [3.8, 4) is 0 Å². The number of aliphatic hydroxyl groups excluding tert-OH is 1. The molecule has 272 valence electrons. The highest BCUT2D eigenvalue weighted by atomic mass is 16.7. The number of aliphatic hydroxyl groups is 1. The number of fused-ring (bicyclic) bond motifs is 10. The third-order valence-corrected chi connectivity index (χ3v) is 10.9. The van der Waals surface area contributed by atoms with Gasteiger partial charge in [0.15, 0.2) is 17.7 Å². The summed E-state index contributed by atoms with van der Waals surface area (Å²) in [5.41, 5.74) is 2.05. The van der Waals surface area contributed by atoms with Crippen LogP contribution in [0, 0.1) is 17.3 Å². The molecule has 0 aromatic carbocycles. The van der Waals surface area contributed by atoms with Crippen molar-refractivity contribution >= 4 is 17.8 Å². The Labute approximate surface area is 281 Å². The van der Waals surface area contributed by atoms with Crippen molar-refractivity contribution in [1.29, 1.82) is 0 Å². The number of alkyl carbamates (subject to hydrolysis) is 1. The molecule has 0 saturated carbocycles. The van der Waals surface area contributed by atoms with Gasteiger partial charge in [0.2, 0.25) is 0 Å². The summed E-state index contributed by atoms with van der Waals surface area (Å²) in [6, 6.07) is -0.968. The Balaban J connectivity index is 2.15. The van der Waals surface area contributed by atoms with Gasteiger partial charge in [0.25, 0.3) is 0 Å². The van der Waals surface area contributed by atoms with E-state index < -0.39 is 65.2 Å². The van der Waals surface area contributed by atoms with Gasteiger partial charge in [-0.3, -0.25) is 9.59 Å². The summed E-state index contributed by atoms with van der Waals surface area (Å²) in [7, 11) is 5.75. The van der Waals surface area contributed by atoms with E-state index in [1.165, 1.54) is 0 Å². The number of hydrogen-bond donors (Lipinski definition) is 3. The lowest BCUT2D eigenvalue weighted by Crippen LogP contribution is -2.60. The van der Waals surface area contributed by atoms with Crippen molar-refractivity contribution in [3.63, 3.8) is 0 Å². The van der Waals surface area contributed by atoms with E-state index in [1.807, 2.05) is 53.7 Å². The summed E-state index contributed by atoms with van der Waals surface area (Å²) >= 11 is 0. The van der Waals surface area contributed by atoms with Crippen LogP contribution in [-0.4, -0.2) is 134 Å². The molecule has 4 fully saturated rings. The largest absolute Gasteiger partial charge is 0.457 e. The minimum atomic E-state index is -1.58. The topological polar surface area (TPSA) is 162 Å². The van der Waals surface area contributed by atoms with Crippen LogP contribution in [0.4, 0.5) is 4.79 Å². The Morgan fingerprint density at radius 2 is 1.81 bits per heavy atom. The van der Waals surface area contributed by atoms with Crippen LogP contribution in [0.25, 0.3) is 0 Å². The number of likely N-dealkylation sites (N-methyl/N-ethyl adjacent to an activating group) is 2. The van der Waals surface area contributed by atoms with Crippen LogP contribution >= 0.6 is 0 Å². The molecule has 47 heavy (non-hydrogen) atoms. The van der Waals surface area contributed by atoms with E-state index in [-0.39, 0.29) is 50.0 Å². The molecule has 4 aliphatic heterocycles. The number of carbonyl (C=O) groups excluding carboxylic acids is 3. The van der Waals surface area contributed by atoms with Gasteiger partial charge in [-0.1, -0.05) is 27.7 Å². The predicted octanol–water partition coefficient (Wildman–Crippen LogP) is 2.31. The molecule has 0 radical (unpaired) electrons. The van der Waals surface area contributed by atoms with Crippen molar-refractivity contribution in [2.24, 2.45) is 23.0 Å². The normalized spacial score (nSPS) is 39.6. The van der Waals surface area contributed by atoms with Crippen LogP contribution in [0.2, 0.25) is 0 Å². The average Bonchev–Trinajstić information content (AvgIpc) is 3.31. The molecule has 0 aromatic rings. The van der Waals surface area contributed by atoms with Gasteiger partial charge in [-0.15, -0.1) is 0 Å². The Bertz CT molecular complexity index is 1100. The molecule has 12 atom stereocenters. The van der Waals surface area contributed by atoms with Crippen LogP contribution in [0.3, 0.4) is 0 Å². The predicted molar refractivity (Wildman–Crippen MR) is 177 cm³/mol. The zero-order valence-electron chi connectivity index (χ0n) is 30.5. The highest BCUT2D eigenvalue weighted by Crippen LogP contribution is 2.43. The maximum absolute atomic E-state index is 14.6. The molecule has 4 rings (SSSR count). The second-order valence-electron chi connectivity index (χ2n) is 14.9. The Morgan fingerprint density at radius 1 is 1.15 bits per heavy atom. The SMILES string of the molecule is CCC(C(O)[C@@H](OCCN)O[C@@H]1[C@@H](C)C(=O)[C@]2(C)CCO[C@@]1(C)C[C@@H](C)CN(C)[C@H](C)[C@H]1NC(=O)O[C@]1(C)[C@@H](CC)OC2=O)N(C)C. The molecule has 0 spiro atoms. The van der Waals surface area contributed by atoms with Crippen LogP contribution in [0.5, 0.6) is 0 Å². The fourth-order valence-corrected chi connectivity index (χ4v) is 8.10. The molecule has 0 aromatic heterocycles. The fourth-order valence-electron chi connectivity index (χ4n) is 8.10. The van der Waals surface area contributed by atoms with Gasteiger partial charge in [0, 0.05) is 37.7 Å². The molecule has 13 heteroatoms. The van der Waals surface area contributed by atoms with Gasteiger partial charge in [0.1, 0.15) is 17.6 Å².